The summed E-state index contributed by atoms with van der Waals surface area (Å²) >= 11 is 5.23. The van der Waals surface area contributed by atoms with Crippen molar-refractivity contribution in [1.29, 1.82) is 0 Å². The molecule has 0 amide bonds. The van der Waals surface area contributed by atoms with Gasteiger partial charge in [0.1, 0.15) is 6.26 Å². The van der Waals surface area contributed by atoms with E-state index in [4.69, 9.17) is 11.6 Å². The fourth-order valence-electron chi connectivity index (χ4n) is 0.289. The van der Waals surface area contributed by atoms with E-state index in [1.165, 1.54) is 0 Å². The highest BCUT2D eigenvalue weighted by Gasteiger charge is 1.92. The molecule has 0 bridgehead atoms. The third-order valence-electron chi connectivity index (χ3n) is 0.535. The first-order valence-electron chi connectivity index (χ1n) is 1.68. The van der Waals surface area contributed by atoms with Crippen LogP contribution in [-0.4, -0.2) is 0 Å². The molecule has 0 fully saturated rings. The van der Waals surface area contributed by atoms with Crippen LogP contribution in [0.1, 0.15) is 0 Å². The summed E-state index contributed by atoms with van der Waals surface area (Å²) in [6, 6.07) is 0.451. The Labute approximate surface area is 44.7 Å². The second-order valence-corrected chi connectivity index (χ2v) is 1.51. The van der Waals surface area contributed by atoms with Gasteiger partial charge in [-0.05, 0) is 0 Å². The summed E-state index contributed by atoms with van der Waals surface area (Å²) in [4.78, 5) is 0. The van der Waals surface area contributed by atoms with Crippen molar-refractivity contribution >= 4 is 11.6 Å². The maximum Gasteiger partial charge on any atom is 0.279 e. The third-order valence-corrected chi connectivity index (χ3v) is 0.734. The molecular formula is C4H2ClFO. The van der Waals surface area contributed by atoms with Crippen molar-refractivity contribution in [3.8, 4) is 0 Å². The second kappa shape index (κ2) is 1.54. The van der Waals surface area contributed by atoms with Crippen LogP contribution in [0.4, 0.5) is 4.39 Å². The molecule has 1 nitrogen and oxygen atoms in total. The van der Waals surface area contributed by atoms with Crippen molar-refractivity contribution in [2.24, 2.45) is 0 Å². The van der Waals surface area contributed by atoms with Crippen molar-refractivity contribution in [2.45, 2.75) is 0 Å². The van der Waals surface area contributed by atoms with Gasteiger partial charge in [0.25, 0.3) is 6.01 Å². The van der Waals surface area contributed by atoms with Crippen molar-refractivity contribution in [3.63, 3.8) is 0 Å². The lowest BCUT2D eigenvalue weighted by Crippen LogP contribution is -1.50. The Balaban J connectivity index is 3.04. The van der Waals surface area contributed by atoms with Gasteiger partial charge in [-0.25, -0.2) is 0 Å². The first-order valence-corrected chi connectivity index (χ1v) is 2.06. The molecule has 0 aliphatic heterocycles. The van der Waals surface area contributed by atoms with Crippen LogP contribution in [-0.2, 0) is 0 Å². The minimum atomic E-state index is -0.648. The van der Waals surface area contributed by atoms with E-state index >= 15 is 0 Å². The Hall–Kier alpha value is -0.500. The molecule has 0 spiro atoms. The molecule has 1 rings (SSSR count). The number of hydrogen-bond donors (Lipinski definition) is 0. The van der Waals surface area contributed by atoms with Gasteiger partial charge in [-0.15, -0.1) is 0 Å². The molecule has 0 N–H and O–H groups in total. The van der Waals surface area contributed by atoms with Crippen LogP contribution in [0, 0.1) is 6.01 Å². The summed E-state index contributed by atoms with van der Waals surface area (Å²) in [7, 11) is 0. The molecule has 0 aromatic carbocycles. The minimum Gasteiger partial charge on any atom is -0.438 e. The highest BCUT2D eigenvalue weighted by Crippen LogP contribution is 2.10. The summed E-state index contributed by atoms with van der Waals surface area (Å²) in [5.41, 5.74) is 0. The Morgan fingerprint density at radius 2 is 2.43 bits per heavy atom. The molecule has 0 saturated heterocycles. The molecule has 0 saturated carbocycles. The molecular weight excluding hydrogens is 118 g/mol. The Morgan fingerprint density at radius 1 is 1.71 bits per heavy atom. The summed E-state index contributed by atoms with van der Waals surface area (Å²) in [6.45, 7) is 0. The quantitative estimate of drug-likeness (QED) is 0.511. The molecule has 3 heteroatoms. The standard InChI is InChI=1S/C4H2ClFO/c5-3-1-4(6)7-2-3/h1-2H. The van der Waals surface area contributed by atoms with Crippen molar-refractivity contribution in [2.75, 3.05) is 0 Å². The summed E-state index contributed by atoms with van der Waals surface area (Å²) in [6.07, 6.45) is 1.14. The van der Waals surface area contributed by atoms with Gasteiger partial charge in [0.2, 0.25) is 0 Å². The first-order chi connectivity index (χ1) is 3.29. The average molecular weight is 121 g/mol. The third kappa shape index (κ3) is 0.933. The van der Waals surface area contributed by atoms with Gasteiger partial charge in [0.05, 0.1) is 5.02 Å². The maximum atomic E-state index is 11.7. The molecule has 0 unspecified atom stereocenters. The molecule has 0 aliphatic rings. The summed E-state index contributed by atoms with van der Waals surface area (Å²) in [5.74, 6) is 0. The van der Waals surface area contributed by atoms with Crippen molar-refractivity contribution in [3.05, 3.63) is 23.4 Å². The molecule has 7 heavy (non-hydrogen) atoms. The zero-order valence-corrected chi connectivity index (χ0v) is 4.07. The predicted molar refractivity (Wildman–Crippen MR) is 23.7 cm³/mol. The Bertz CT molecular complexity index is 144. The molecule has 1 heterocycles. The van der Waals surface area contributed by atoms with E-state index in [1.807, 2.05) is 0 Å². The lowest BCUT2D eigenvalue weighted by molar-refractivity contribution is 0.359. The topological polar surface area (TPSA) is 13.1 Å². The van der Waals surface area contributed by atoms with Crippen LogP contribution in [0.25, 0.3) is 0 Å². The van der Waals surface area contributed by atoms with Gasteiger partial charge in [-0.3, -0.25) is 0 Å². The minimum absolute atomic E-state index is 0.289. The van der Waals surface area contributed by atoms with Crippen molar-refractivity contribution in [1.82, 2.24) is 0 Å². The van der Waals surface area contributed by atoms with E-state index in [0.29, 0.717) is 0 Å². The fourth-order valence-corrected chi connectivity index (χ4v) is 0.419. The zero-order chi connectivity index (χ0) is 5.28. The first kappa shape index (κ1) is 4.65. The van der Waals surface area contributed by atoms with E-state index in [9.17, 15) is 4.39 Å². The smallest absolute Gasteiger partial charge is 0.279 e. The van der Waals surface area contributed by atoms with Crippen molar-refractivity contribution < 1.29 is 8.81 Å². The van der Waals surface area contributed by atoms with Gasteiger partial charge in [-0.1, -0.05) is 11.6 Å². The SMILES string of the molecule is Fc1cc(Cl)co1. The largest absolute Gasteiger partial charge is 0.438 e. The lowest BCUT2D eigenvalue weighted by atomic mass is 10.7. The van der Waals surface area contributed by atoms with E-state index in [2.05, 4.69) is 4.42 Å². The Morgan fingerprint density at radius 3 is 2.57 bits per heavy atom. The van der Waals surface area contributed by atoms with E-state index < -0.39 is 6.01 Å². The van der Waals surface area contributed by atoms with E-state index in [-0.39, 0.29) is 5.02 Å². The van der Waals surface area contributed by atoms with Crippen LogP contribution in [0.5, 0.6) is 0 Å². The number of furan rings is 1. The lowest BCUT2D eigenvalue weighted by Gasteiger charge is -1.63. The van der Waals surface area contributed by atoms with Gasteiger partial charge >= 0.3 is 0 Å². The number of rotatable bonds is 0. The van der Waals surface area contributed by atoms with Gasteiger partial charge in [0.15, 0.2) is 0 Å². The molecule has 1 aromatic rings. The molecule has 0 atom stereocenters. The monoisotopic (exact) mass is 120 g/mol. The fraction of sp³-hybridized carbons (Fsp3) is 0. The van der Waals surface area contributed by atoms with Gasteiger partial charge in [-0.2, -0.15) is 4.39 Å². The van der Waals surface area contributed by atoms with Crippen LogP contribution >= 0.6 is 11.6 Å². The molecule has 38 valence electrons. The number of halogens is 2. The van der Waals surface area contributed by atoms with E-state index in [1.54, 1.807) is 0 Å². The number of hydrogen-bond acceptors (Lipinski definition) is 1. The molecule has 1 aromatic heterocycles. The average Bonchev–Trinajstić information content (AvgIpc) is 1.87. The maximum absolute atomic E-state index is 11.7. The van der Waals surface area contributed by atoms with Crippen LogP contribution in [0.15, 0.2) is 16.7 Å². The van der Waals surface area contributed by atoms with Gasteiger partial charge < -0.3 is 4.42 Å². The Kier molecular flexibility index (Phi) is 1.02. The van der Waals surface area contributed by atoms with Crippen LogP contribution in [0.3, 0.4) is 0 Å². The highest BCUT2D eigenvalue weighted by molar-refractivity contribution is 6.30. The summed E-state index contributed by atoms with van der Waals surface area (Å²) in [5, 5.41) is 0.289. The van der Waals surface area contributed by atoms with Crippen LogP contribution in [0.2, 0.25) is 5.02 Å². The van der Waals surface area contributed by atoms with Gasteiger partial charge in [0, 0.05) is 6.07 Å². The zero-order valence-electron chi connectivity index (χ0n) is 3.32. The second-order valence-electron chi connectivity index (χ2n) is 1.07. The van der Waals surface area contributed by atoms with Crippen LogP contribution < -0.4 is 0 Å². The normalized spacial score (nSPS) is 9.43. The van der Waals surface area contributed by atoms with E-state index in [0.717, 1.165) is 12.3 Å². The molecule has 0 aliphatic carbocycles. The predicted octanol–water partition coefficient (Wildman–Crippen LogP) is 2.07. The highest BCUT2D eigenvalue weighted by atomic mass is 35.5. The molecule has 0 radical (unpaired) electrons. The summed E-state index contributed by atoms with van der Waals surface area (Å²) < 4.78 is 15.8.